The van der Waals surface area contributed by atoms with E-state index in [4.69, 9.17) is 20.9 Å². The Morgan fingerprint density at radius 3 is 2.92 bits per heavy atom. The van der Waals surface area contributed by atoms with Gasteiger partial charge in [-0.25, -0.2) is 0 Å². The van der Waals surface area contributed by atoms with Crippen LogP contribution in [0.4, 0.5) is 11.4 Å². The number of carbonyl (C=O) groups is 2. The first-order valence-electron chi connectivity index (χ1n) is 7.42. The highest BCUT2D eigenvalue weighted by molar-refractivity contribution is 6.34. The van der Waals surface area contributed by atoms with Crippen LogP contribution in [0.3, 0.4) is 0 Å². The summed E-state index contributed by atoms with van der Waals surface area (Å²) in [5.74, 6) is 0.766. The number of ether oxygens (including phenoxy) is 1. The molecule has 1 aromatic carbocycles. The van der Waals surface area contributed by atoms with Gasteiger partial charge in [-0.15, -0.1) is 0 Å². The molecule has 24 heavy (non-hydrogen) atoms. The van der Waals surface area contributed by atoms with Gasteiger partial charge in [0.1, 0.15) is 11.5 Å². The summed E-state index contributed by atoms with van der Waals surface area (Å²) in [6, 6.07) is 3.16. The zero-order valence-corrected chi connectivity index (χ0v) is 14.0. The van der Waals surface area contributed by atoms with Crippen molar-refractivity contribution in [3.05, 3.63) is 34.2 Å². The Kier molecular flexibility index (Phi) is 4.44. The highest BCUT2D eigenvalue weighted by Gasteiger charge is 2.19. The molecule has 0 saturated carbocycles. The Balaban J connectivity index is 1.67. The quantitative estimate of drug-likeness (QED) is 0.885. The minimum absolute atomic E-state index is 0.0614. The van der Waals surface area contributed by atoms with E-state index >= 15 is 0 Å². The first-order valence-corrected chi connectivity index (χ1v) is 7.79. The van der Waals surface area contributed by atoms with Crippen molar-refractivity contribution in [3.63, 3.8) is 0 Å². The number of nitrogens with one attached hydrogen (secondary N) is 2. The number of aromatic nitrogens is 1. The van der Waals surface area contributed by atoms with Gasteiger partial charge >= 0.3 is 0 Å². The predicted molar refractivity (Wildman–Crippen MR) is 88.5 cm³/mol. The van der Waals surface area contributed by atoms with Gasteiger partial charge in [-0.1, -0.05) is 16.8 Å². The number of benzene rings is 1. The van der Waals surface area contributed by atoms with Crippen molar-refractivity contribution >= 4 is 34.8 Å². The maximum absolute atomic E-state index is 12.2. The van der Waals surface area contributed by atoms with Crippen molar-refractivity contribution in [2.45, 2.75) is 26.7 Å². The van der Waals surface area contributed by atoms with Gasteiger partial charge in [0.25, 0.3) is 5.91 Å². The van der Waals surface area contributed by atoms with Crippen LogP contribution >= 0.6 is 11.6 Å². The van der Waals surface area contributed by atoms with Crippen LogP contribution in [-0.2, 0) is 16.0 Å². The standard InChI is InChI=1S/C16H16ClN3O4/c1-8-10(9(2)24-20-8)3-4-15(21)18-12-6-14-13(5-11(12)17)19-16(22)7-23-14/h5-6H,3-4,7H2,1-2H3,(H,18,21)(H,19,22). The molecule has 0 aliphatic carbocycles. The fourth-order valence-corrected chi connectivity index (χ4v) is 2.72. The third-order valence-corrected chi connectivity index (χ3v) is 4.07. The average molecular weight is 350 g/mol. The molecule has 1 aromatic heterocycles. The van der Waals surface area contributed by atoms with E-state index in [1.165, 1.54) is 0 Å². The molecule has 3 rings (SSSR count). The SMILES string of the molecule is Cc1noc(C)c1CCC(=O)Nc1cc2c(cc1Cl)NC(=O)CO2. The van der Waals surface area contributed by atoms with Crippen molar-refractivity contribution in [1.29, 1.82) is 0 Å². The minimum atomic E-state index is -0.241. The maximum atomic E-state index is 12.2. The fraction of sp³-hybridized carbons (Fsp3) is 0.312. The van der Waals surface area contributed by atoms with E-state index in [2.05, 4.69) is 15.8 Å². The third-order valence-electron chi connectivity index (χ3n) is 3.76. The number of nitrogens with zero attached hydrogens (tertiary/aromatic N) is 1. The average Bonchev–Trinajstić information content (AvgIpc) is 2.85. The van der Waals surface area contributed by atoms with Gasteiger partial charge in [0.2, 0.25) is 5.91 Å². The Bertz CT molecular complexity index is 796. The molecule has 1 aliphatic heterocycles. The summed E-state index contributed by atoms with van der Waals surface area (Å²) in [6.07, 6.45) is 0.802. The van der Waals surface area contributed by atoms with Gasteiger partial charge in [-0.3, -0.25) is 9.59 Å². The number of hydrogen-bond donors (Lipinski definition) is 2. The molecular formula is C16H16ClN3O4. The molecule has 2 amide bonds. The van der Waals surface area contributed by atoms with Gasteiger partial charge in [0.05, 0.1) is 22.1 Å². The number of anilines is 2. The summed E-state index contributed by atoms with van der Waals surface area (Å²) < 4.78 is 10.4. The number of rotatable bonds is 4. The summed E-state index contributed by atoms with van der Waals surface area (Å²) in [4.78, 5) is 23.5. The molecule has 0 fully saturated rings. The second kappa shape index (κ2) is 6.52. The molecule has 2 heterocycles. The Labute approximate surface area is 143 Å². The van der Waals surface area contributed by atoms with Crippen LogP contribution in [0.1, 0.15) is 23.4 Å². The van der Waals surface area contributed by atoms with E-state index in [-0.39, 0.29) is 24.8 Å². The topological polar surface area (TPSA) is 93.5 Å². The smallest absolute Gasteiger partial charge is 0.262 e. The molecule has 126 valence electrons. The highest BCUT2D eigenvalue weighted by Crippen LogP contribution is 2.36. The van der Waals surface area contributed by atoms with Crippen LogP contribution in [0, 0.1) is 13.8 Å². The summed E-state index contributed by atoms with van der Waals surface area (Å²) >= 11 is 6.16. The second-order valence-corrected chi connectivity index (χ2v) is 5.92. The van der Waals surface area contributed by atoms with Crippen molar-refractivity contribution in [3.8, 4) is 5.75 Å². The van der Waals surface area contributed by atoms with Gasteiger partial charge in [-0.05, 0) is 26.3 Å². The molecule has 0 bridgehead atoms. The zero-order valence-electron chi connectivity index (χ0n) is 13.2. The molecule has 0 saturated heterocycles. The minimum Gasteiger partial charge on any atom is -0.482 e. The van der Waals surface area contributed by atoms with E-state index in [0.717, 1.165) is 17.0 Å². The van der Waals surface area contributed by atoms with Crippen LogP contribution < -0.4 is 15.4 Å². The van der Waals surface area contributed by atoms with E-state index < -0.39 is 0 Å². The van der Waals surface area contributed by atoms with Gasteiger partial charge in [-0.2, -0.15) is 0 Å². The van der Waals surface area contributed by atoms with Gasteiger partial charge in [0.15, 0.2) is 6.61 Å². The Morgan fingerprint density at radius 1 is 1.42 bits per heavy atom. The van der Waals surface area contributed by atoms with Crippen LogP contribution in [0.25, 0.3) is 0 Å². The summed E-state index contributed by atoms with van der Waals surface area (Å²) in [5.41, 5.74) is 2.66. The first-order chi connectivity index (χ1) is 11.4. The highest BCUT2D eigenvalue weighted by atomic mass is 35.5. The molecule has 0 atom stereocenters. The molecule has 7 nitrogen and oxygen atoms in total. The molecular weight excluding hydrogens is 334 g/mol. The lowest BCUT2D eigenvalue weighted by atomic mass is 10.1. The number of carbonyl (C=O) groups excluding carboxylic acids is 2. The molecule has 2 N–H and O–H groups in total. The van der Waals surface area contributed by atoms with Gasteiger partial charge < -0.3 is 19.9 Å². The summed E-state index contributed by atoms with van der Waals surface area (Å²) in [5, 5.41) is 9.61. The van der Waals surface area contributed by atoms with Gasteiger partial charge in [0, 0.05) is 18.1 Å². The molecule has 0 radical (unpaired) electrons. The number of halogens is 1. The molecule has 1 aliphatic rings. The van der Waals surface area contributed by atoms with Crippen molar-refractivity contribution < 1.29 is 18.8 Å². The van der Waals surface area contributed by atoms with E-state index in [1.807, 2.05) is 13.8 Å². The largest absolute Gasteiger partial charge is 0.482 e. The monoisotopic (exact) mass is 349 g/mol. The van der Waals surface area contributed by atoms with E-state index in [0.29, 0.717) is 28.6 Å². The molecule has 8 heteroatoms. The van der Waals surface area contributed by atoms with Crippen LogP contribution in [-0.4, -0.2) is 23.6 Å². The number of hydrogen-bond acceptors (Lipinski definition) is 5. The summed E-state index contributed by atoms with van der Waals surface area (Å²) in [6.45, 7) is 3.60. The zero-order chi connectivity index (χ0) is 17.3. The molecule has 0 spiro atoms. The lowest BCUT2D eigenvalue weighted by Gasteiger charge is -2.19. The van der Waals surface area contributed by atoms with Crippen molar-refractivity contribution in [1.82, 2.24) is 5.16 Å². The van der Waals surface area contributed by atoms with Crippen molar-refractivity contribution in [2.24, 2.45) is 0 Å². The fourth-order valence-electron chi connectivity index (χ4n) is 2.51. The lowest BCUT2D eigenvalue weighted by molar-refractivity contribution is -0.118. The van der Waals surface area contributed by atoms with Crippen LogP contribution in [0.2, 0.25) is 5.02 Å². The lowest BCUT2D eigenvalue weighted by Crippen LogP contribution is -2.25. The number of aryl methyl sites for hydroxylation is 2. The summed E-state index contributed by atoms with van der Waals surface area (Å²) in [7, 11) is 0. The van der Waals surface area contributed by atoms with Crippen molar-refractivity contribution in [2.75, 3.05) is 17.2 Å². The second-order valence-electron chi connectivity index (χ2n) is 5.52. The molecule has 2 aromatic rings. The normalized spacial score (nSPS) is 13.0. The Hall–Kier alpha value is -2.54. The van der Waals surface area contributed by atoms with Crippen LogP contribution in [0.5, 0.6) is 5.75 Å². The first kappa shape index (κ1) is 16.3. The predicted octanol–water partition coefficient (Wildman–Crippen LogP) is 2.85. The van der Waals surface area contributed by atoms with E-state index in [1.54, 1.807) is 12.1 Å². The number of amides is 2. The van der Waals surface area contributed by atoms with E-state index in [9.17, 15) is 9.59 Å². The Morgan fingerprint density at radius 2 is 2.21 bits per heavy atom. The molecule has 0 unspecified atom stereocenters. The number of fused-ring (bicyclic) bond motifs is 1. The van der Waals surface area contributed by atoms with Crippen LogP contribution in [0.15, 0.2) is 16.7 Å². The third kappa shape index (κ3) is 3.35. The maximum Gasteiger partial charge on any atom is 0.262 e.